The number of ether oxygens (including phenoxy) is 1. The molecule has 2 amide bonds. The number of H-pyrrole nitrogens is 1. The lowest BCUT2D eigenvalue weighted by atomic mass is 9.98. The third-order valence-electron chi connectivity index (χ3n) is 6.77. The third-order valence-corrected chi connectivity index (χ3v) is 6.77. The molecule has 0 saturated heterocycles. The molecule has 5 rings (SSSR count). The number of rotatable bonds is 10. The standard InChI is InChI=1S/C30H28N4O5/c35-28(36)17-34(16-20-8-2-1-3-9-20)29(37)27(14-21-15-31-19-32-21)33-30(38)39-18-26-24-12-6-4-10-22(24)23-11-5-7-13-25(23)26/h1-13,15,19,26-27H,14,16-18H2,(H,31,32)(H,33,38)(H,35,36)/t27-/m1/s1. The Labute approximate surface area is 225 Å². The smallest absolute Gasteiger partial charge is 0.407 e. The second-order valence-electron chi connectivity index (χ2n) is 9.38. The number of carbonyl (C=O) groups is 3. The molecule has 198 valence electrons. The summed E-state index contributed by atoms with van der Waals surface area (Å²) in [6.07, 6.45) is 2.36. The average molecular weight is 525 g/mol. The number of carbonyl (C=O) groups excluding carboxylic acids is 2. The van der Waals surface area contributed by atoms with Crippen LogP contribution in [0.4, 0.5) is 4.79 Å². The monoisotopic (exact) mass is 524 g/mol. The van der Waals surface area contributed by atoms with E-state index in [1.54, 1.807) is 6.20 Å². The Bertz CT molecular complexity index is 1410. The van der Waals surface area contributed by atoms with Crippen LogP contribution in [0.2, 0.25) is 0 Å². The van der Waals surface area contributed by atoms with Crippen molar-refractivity contribution in [1.82, 2.24) is 20.2 Å². The number of alkyl carbamates (subject to hydrolysis) is 1. The fraction of sp³-hybridized carbons (Fsp3) is 0.200. The predicted molar refractivity (Wildman–Crippen MR) is 144 cm³/mol. The Balaban J connectivity index is 1.32. The first kappa shape index (κ1) is 25.7. The summed E-state index contributed by atoms with van der Waals surface area (Å²) in [6, 6.07) is 24.1. The van der Waals surface area contributed by atoms with Crippen molar-refractivity contribution in [3.05, 3.63) is 114 Å². The number of aromatic nitrogens is 2. The van der Waals surface area contributed by atoms with Crippen molar-refractivity contribution in [3.8, 4) is 11.1 Å². The van der Waals surface area contributed by atoms with E-state index in [1.807, 2.05) is 66.7 Å². The van der Waals surface area contributed by atoms with Gasteiger partial charge >= 0.3 is 12.1 Å². The van der Waals surface area contributed by atoms with Crippen LogP contribution in [0, 0.1) is 0 Å². The van der Waals surface area contributed by atoms with E-state index in [1.165, 1.54) is 11.2 Å². The van der Waals surface area contributed by atoms with Crippen LogP contribution in [0.25, 0.3) is 11.1 Å². The van der Waals surface area contributed by atoms with Crippen molar-refractivity contribution in [2.75, 3.05) is 13.2 Å². The zero-order chi connectivity index (χ0) is 27.2. The fourth-order valence-electron chi connectivity index (χ4n) is 5.00. The molecule has 0 spiro atoms. The van der Waals surface area contributed by atoms with Crippen molar-refractivity contribution < 1.29 is 24.2 Å². The Hall–Kier alpha value is -4.92. The van der Waals surface area contributed by atoms with E-state index in [0.717, 1.165) is 27.8 Å². The number of amides is 2. The van der Waals surface area contributed by atoms with Gasteiger partial charge in [0.25, 0.3) is 0 Å². The highest BCUT2D eigenvalue weighted by Gasteiger charge is 2.31. The van der Waals surface area contributed by atoms with E-state index in [2.05, 4.69) is 27.4 Å². The highest BCUT2D eigenvalue weighted by atomic mass is 16.5. The molecule has 3 N–H and O–H groups in total. The second kappa shape index (κ2) is 11.6. The highest BCUT2D eigenvalue weighted by molar-refractivity contribution is 5.88. The number of fused-ring (bicyclic) bond motifs is 3. The van der Waals surface area contributed by atoms with E-state index in [4.69, 9.17) is 4.74 Å². The minimum atomic E-state index is -1.15. The minimum Gasteiger partial charge on any atom is -0.480 e. The number of nitrogens with zero attached hydrogens (tertiary/aromatic N) is 2. The van der Waals surface area contributed by atoms with Crippen LogP contribution in [0.5, 0.6) is 0 Å². The lowest BCUT2D eigenvalue weighted by Gasteiger charge is -2.26. The maximum Gasteiger partial charge on any atom is 0.407 e. The molecule has 1 aromatic heterocycles. The summed E-state index contributed by atoms with van der Waals surface area (Å²) in [5.74, 6) is -1.82. The number of nitrogens with one attached hydrogen (secondary N) is 2. The number of aliphatic carboxylic acids is 1. The number of hydrogen-bond acceptors (Lipinski definition) is 5. The summed E-state index contributed by atoms with van der Waals surface area (Å²) >= 11 is 0. The Morgan fingerprint density at radius 3 is 2.21 bits per heavy atom. The van der Waals surface area contributed by atoms with E-state index in [0.29, 0.717) is 5.69 Å². The van der Waals surface area contributed by atoms with E-state index >= 15 is 0 Å². The number of carboxylic acids is 1. The summed E-state index contributed by atoms with van der Waals surface area (Å²) < 4.78 is 5.66. The maximum atomic E-state index is 13.6. The summed E-state index contributed by atoms with van der Waals surface area (Å²) in [4.78, 5) is 46.3. The molecule has 4 aromatic rings. The first-order valence-electron chi connectivity index (χ1n) is 12.6. The third kappa shape index (κ3) is 5.98. The van der Waals surface area contributed by atoms with Crippen molar-refractivity contribution >= 4 is 18.0 Å². The largest absolute Gasteiger partial charge is 0.480 e. The van der Waals surface area contributed by atoms with Gasteiger partial charge in [-0.2, -0.15) is 0 Å². The van der Waals surface area contributed by atoms with Gasteiger partial charge in [0.05, 0.1) is 6.33 Å². The molecule has 0 unspecified atom stereocenters. The normalized spacial score (nSPS) is 12.7. The van der Waals surface area contributed by atoms with Crippen LogP contribution in [-0.4, -0.2) is 57.1 Å². The number of carboxylic acid groups (broad SMARTS) is 1. The van der Waals surface area contributed by atoms with E-state index in [-0.39, 0.29) is 25.5 Å². The Morgan fingerprint density at radius 1 is 0.949 bits per heavy atom. The van der Waals surface area contributed by atoms with Crippen LogP contribution in [0.3, 0.4) is 0 Å². The molecule has 9 heteroatoms. The molecule has 1 atom stereocenters. The van der Waals surface area contributed by atoms with E-state index < -0.39 is 30.6 Å². The molecule has 0 aliphatic heterocycles. The fourth-order valence-corrected chi connectivity index (χ4v) is 5.00. The molecule has 0 fully saturated rings. The number of benzene rings is 3. The molecule has 0 saturated carbocycles. The topological polar surface area (TPSA) is 125 Å². The van der Waals surface area contributed by atoms with Crippen LogP contribution < -0.4 is 5.32 Å². The molecule has 9 nitrogen and oxygen atoms in total. The minimum absolute atomic E-state index is 0.0812. The first-order chi connectivity index (χ1) is 19.0. The van der Waals surface area contributed by atoms with Gasteiger partial charge in [0.1, 0.15) is 19.2 Å². The lowest BCUT2D eigenvalue weighted by molar-refractivity contribution is -0.145. The molecular formula is C30H28N4O5. The van der Waals surface area contributed by atoms with Gasteiger partial charge in [0, 0.05) is 30.8 Å². The summed E-state index contributed by atoms with van der Waals surface area (Å²) in [6.45, 7) is -0.342. The molecule has 0 bridgehead atoms. The van der Waals surface area contributed by atoms with Gasteiger partial charge < -0.3 is 25.0 Å². The first-order valence-corrected chi connectivity index (χ1v) is 12.6. The molecule has 3 aromatic carbocycles. The summed E-state index contributed by atoms with van der Waals surface area (Å²) in [7, 11) is 0. The number of aromatic amines is 1. The van der Waals surface area contributed by atoms with Crippen molar-refractivity contribution in [2.24, 2.45) is 0 Å². The predicted octanol–water partition coefficient (Wildman–Crippen LogP) is 3.97. The number of imidazole rings is 1. The van der Waals surface area contributed by atoms with Gasteiger partial charge in [0.2, 0.25) is 5.91 Å². The number of hydrogen-bond donors (Lipinski definition) is 3. The van der Waals surface area contributed by atoms with Crippen LogP contribution in [-0.2, 0) is 27.3 Å². The van der Waals surface area contributed by atoms with Gasteiger partial charge in [-0.15, -0.1) is 0 Å². The SMILES string of the molecule is O=C(O)CN(Cc1ccccc1)C(=O)[C@@H](Cc1cnc[nH]1)NC(=O)OCC1c2ccccc2-c2ccccc21. The van der Waals surface area contributed by atoms with Gasteiger partial charge in [-0.25, -0.2) is 9.78 Å². The zero-order valence-corrected chi connectivity index (χ0v) is 21.1. The van der Waals surface area contributed by atoms with Gasteiger partial charge in [-0.05, 0) is 27.8 Å². The summed E-state index contributed by atoms with van der Waals surface area (Å²) in [5.41, 5.74) is 5.76. The van der Waals surface area contributed by atoms with Gasteiger partial charge in [-0.3, -0.25) is 9.59 Å². The van der Waals surface area contributed by atoms with Crippen molar-refractivity contribution in [2.45, 2.75) is 24.9 Å². The van der Waals surface area contributed by atoms with E-state index in [9.17, 15) is 19.5 Å². The molecule has 39 heavy (non-hydrogen) atoms. The van der Waals surface area contributed by atoms with Crippen molar-refractivity contribution in [1.29, 1.82) is 0 Å². The average Bonchev–Trinajstić information content (AvgIpc) is 3.57. The molecule has 1 aliphatic carbocycles. The van der Waals surface area contributed by atoms with Gasteiger partial charge in [-0.1, -0.05) is 78.9 Å². The van der Waals surface area contributed by atoms with Crippen molar-refractivity contribution in [3.63, 3.8) is 0 Å². The Kier molecular flexibility index (Phi) is 7.68. The molecule has 1 aliphatic rings. The van der Waals surface area contributed by atoms with Crippen LogP contribution in [0.15, 0.2) is 91.4 Å². The zero-order valence-electron chi connectivity index (χ0n) is 21.1. The van der Waals surface area contributed by atoms with Gasteiger partial charge in [0.15, 0.2) is 0 Å². The summed E-state index contributed by atoms with van der Waals surface area (Å²) in [5, 5.41) is 12.1. The molecule has 0 radical (unpaired) electrons. The highest BCUT2D eigenvalue weighted by Crippen LogP contribution is 2.44. The molecule has 1 heterocycles. The van der Waals surface area contributed by atoms with Crippen LogP contribution >= 0.6 is 0 Å². The van der Waals surface area contributed by atoms with Crippen LogP contribution in [0.1, 0.15) is 28.3 Å². The second-order valence-corrected chi connectivity index (χ2v) is 9.38. The quantitative estimate of drug-likeness (QED) is 0.288. The molecular weight excluding hydrogens is 496 g/mol. The maximum absolute atomic E-state index is 13.6. The Morgan fingerprint density at radius 2 is 1.59 bits per heavy atom. The lowest BCUT2D eigenvalue weighted by Crippen LogP contribution is -2.51.